The van der Waals surface area contributed by atoms with Crippen molar-refractivity contribution in [1.29, 1.82) is 0 Å². The highest BCUT2D eigenvalue weighted by atomic mass is 16.5. The summed E-state index contributed by atoms with van der Waals surface area (Å²) in [6.07, 6.45) is 10.4. The van der Waals surface area contributed by atoms with Crippen molar-refractivity contribution in [3.8, 4) is 5.75 Å². The first-order chi connectivity index (χ1) is 12.7. The number of amides is 1. The molecule has 1 N–H and O–H groups in total. The van der Waals surface area contributed by atoms with Gasteiger partial charge in [-0.1, -0.05) is 25.0 Å². The third-order valence-electron chi connectivity index (χ3n) is 6.59. The Morgan fingerprint density at radius 1 is 1.12 bits per heavy atom. The summed E-state index contributed by atoms with van der Waals surface area (Å²) in [6.45, 7) is 1.66. The Bertz CT molecular complexity index is 609. The topological polar surface area (TPSA) is 41.6 Å². The number of carbonyl (C=O) groups excluding carboxylic acids is 1. The third-order valence-corrected chi connectivity index (χ3v) is 6.59. The van der Waals surface area contributed by atoms with Crippen LogP contribution < -0.4 is 10.1 Å². The van der Waals surface area contributed by atoms with Crippen molar-refractivity contribution in [1.82, 2.24) is 10.2 Å². The van der Waals surface area contributed by atoms with Gasteiger partial charge in [0.15, 0.2) is 0 Å². The lowest BCUT2D eigenvalue weighted by Crippen LogP contribution is -2.50. The molecule has 4 nitrogen and oxygen atoms in total. The molecule has 1 aromatic rings. The number of rotatable bonds is 6. The zero-order valence-corrected chi connectivity index (χ0v) is 16.0. The first-order valence-corrected chi connectivity index (χ1v) is 10.4. The van der Waals surface area contributed by atoms with E-state index >= 15 is 0 Å². The Kier molecular flexibility index (Phi) is 5.49. The number of benzene rings is 1. The van der Waals surface area contributed by atoms with E-state index in [1.54, 1.807) is 7.11 Å². The molecule has 0 radical (unpaired) electrons. The lowest BCUT2D eigenvalue weighted by Gasteiger charge is -2.44. The third kappa shape index (κ3) is 4.06. The first-order valence-electron chi connectivity index (χ1n) is 10.4. The summed E-state index contributed by atoms with van der Waals surface area (Å²) >= 11 is 0. The number of hydrogen-bond donors (Lipinski definition) is 1. The van der Waals surface area contributed by atoms with Crippen LogP contribution in [0.25, 0.3) is 0 Å². The van der Waals surface area contributed by atoms with Crippen molar-refractivity contribution in [2.45, 2.75) is 63.5 Å². The highest BCUT2D eigenvalue weighted by Crippen LogP contribution is 2.41. The number of hydrogen-bond acceptors (Lipinski definition) is 3. The molecule has 1 heterocycles. The Morgan fingerprint density at radius 3 is 2.58 bits per heavy atom. The lowest BCUT2D eigenvalue weighted by molar-refractivity contribution is -0.124. The monoisotopic (exact) mass is 356 g/mol. The highest BCUT2D eigenvalue weighted by molar-refractivity contribution is 5.78. The van der Waals surface area contributed by atoms with Crippen LogP contribution in [0.15, 0.2) is 24.3 Å². The second-order valence-electron chi connectivity index (χ2n) is 8.38. The number of methoxy groups -OCH3 is 1. The lowest BCUT2D eigenvalue weighted by atomic mass is 9.78. The molecule has 3 unspecified atom stereocenters. The van der Waals surface area contributed by atoms with Gasteiger partial charge < -0.3 is 10.1 Å². The van der Waals surface area contributed by atoms with Crippen molar-refractivity contribution in [3.05, 3.63) is 29.8 Å². The van der Waals surface area contributed by atoms with Gasteiger partial charge in [0.1, 0.15) is 5.75 Å². The normalized spacial score (nSPS) is 27.4. The van der Waals surface area contributed by atoms with Gasteiger partial charge in [-0.25, -0.2) is 0 Å². The smallest absolute Gasteiger partial charge is 0.234 e. The summed E-state index contributed by atoms with van der Waals surface area (Å²) < 4.78 is 5.26. The zero-order chi connectivity index (χ0) is 17.9. The Balaban J connectivity index is 1.38. The summed E-state index contributed by atoms with van der Waals surface area (Å²) in [5.41, 5.74) is 1.20. The molecule has 0 aromatic heterocycles. The average Bonchev–Trinajstić information content (AvgIpc) is 3.52. The van der Waals surface area contributed by atoms with Gasteiger partial charge in [-0.2, -0.15) is 0 Å². The van der Waals surface area contributed by atoms with E-state index < -0.39 is 0 Å². The Labute approximate surface area is 157 Å². The fourth-order valence-corrected chi connectivity index (χ4v) is 5.04. The molecule has 3 atom stereocenters. The second-order valence-corrected chi connectivity index (χ2v) is 8.38. The van der Waals surface area contributed by atoms with Crippen molar-refractivity contribution in [2.24, 2.45) is 11.8 Å². The highest BCUT2D eigenvalue weighted by Gasteiger charge is 2.36. The second kappa shape index (κ2) is 7.99. The molecule has 0 spiro atoms. The van der Waals surface area contributed by atoms with Crippen LogP contribution in [0.1, 0.15) is 63.0 Å². The SMILES string of the molecule is COc1ccc(C(NC(=O)CN2CCCC3CCCCC32)C2CC2)cc1. The minimum absolute atomic E-state index is 0.153. The van der Waals surface area contributed by atoms with E-state index in [9.17, 15) is 4.79 Å². The van der Waals surface area contributed by atoms with Gasteiger partial charge in [0, 0.05) is 6.04 Å². The van der Waals surface area contributed by atoms with E-state index in [0.29, 0.717) is 18.5 Å². The summed E-state index contributed by atoms with van der Waals surface area (Å²) in [7, 11) is 1.69. The standard InChI is InChI=1S/C22H32N2O2/c1-26-19-12-10-18(11-13-19)22(17-8-9-17)23-21(25)15-24-14-4-6-16-5-2-3-7-20(16)24/h10-13,16-17,20,22H,2-9,14-15H2,1H3,(H,23,25). The molecule has 26 heavy (non-hydrogen) atoms. The number of ether oxygens (including phenoxy) is 1. The van der Waals surface area contributed by atoms with Crippen LogP contribution in [0, 0.1) is 11.8 Å². The molecular weight excluding hydrogens is 324 g/mol. The van der Waals surface area contributed by atoms with E-state index in [-0.39, 0.29) is 11.9 Å². The van der Waals surface area contributed by atoms with Crippen LogP contribution in [0.5, 0.6) is 5.75 Å². The van der Waals surface area contributed by atoms with E-state index in [2.05, 4.69) is 22.3 Å². The van der Waals surface area contributed by atoms with Gasteiger partial charge in [0.25, 0.3) is 0 Å². The zero-order valence-electron chi connectivity index (χ0n) is 16.0. The quantitative estimate of drug-likeness (QED) is 0.840. The number of carbonyl (C=O) groups is 1. The molecular formula is C22H32N2O2. The average molecular weight is 357 g/mol. The molecule has 4 rings (SSSR count). The fourth-order valence-electron chi connectivity index (χ4n) is 5.04. The van der Waals surface area contributed by atoms with Crippen molar-refractivity contribution in [2.75, 3.05) is 20.2 Å². The molecule has 1 aliphatic heterocycles. The first kappa shape index (κ1) is 17.8. The van der Waals surface area contributed by atoms with Crippen LogP contribution in [0.3, 0.4) is 0 Å². The minimum atomic E-state index is 0.153. The molecule has 142 valence electrons. The summed E-state index contributed by atoms with van der Waals surface area (Å²) in [4.78, 5) is 15.3. The van der Waals surface area contributed by atoms with Crippen molar-refractivity contribution >= 4 is 5.91 Å². The summed E-state index contributed by atoms with van der Waals surface area (Å²) in [5, 5.41) is 3.35. The van der Waals surface area contributed by atoms with Crippen molar-refractivity contribution in [3.63, 3.8) is 0 Å². The molecule has 3 aliphatic rings. The van der Waals surface area contributed by atoms with E-state index in [0.717, 1.165) is 18.2 Å². The number of likely N-dealkylation sites (tertiary alicyclic amines) is 1. The van der Waals surface area contributed by atoms with Gasteiger partial charge >= 0.3 is 0 Å². The van der Waals surface area contributed by atoms with Crippen LogP contribution in [0.4, 0.5) is 0 Å². The minimum Gasteiger partial charge on any atom is -0.497 e. The van der Waals surface area contributed by atoms with Crippen LogP contribution >= 0.6 is 0 Å². The number of nitrogens with zero attached hydrogens (tertiary/aromatic N) is 1. The molecule has 2 aliphatic carbocycles. The molecule has 1 saturated heterocycles. The van der Waals surface area contributed by atoms with Gasteiger partial charge in [0.05, 0.1) is 19.7 Å². The molecule has 3 fully saturated rings. The molecule has 0 bridgehead atoms. The van der Waals surface area contributed by atoms with Crippen LogP contribution in [-0.2, 0) is 4.79 Å². The fraction of sp³-hybridized carbons (Fsp3) is 0.682. The Hall–Kier alpha value is -1.55. The van der Waals surface area contributed by atoms with Crippen LogP contribution in [-0.4, -0.2) is 37.0 Å². The molecule has 2 saturated carbocycles. The number of fused-ring (bicyclic) bond motifs is 1. The van der Waals surface area contributed by atoms with Gasteiger partial charge in [-0.3, -0.25) is 9.69 Å². The van der Waals surface area contributed by atoms with E-state index in [1.807, 2.05) is 12.1 Å². The number of piperidine rings is 1. The largest absolute Gasteiger partial charge is 0.497 e. The maximum atomic E-state index is 12.8. The maximum absolute atomic E-state index is 12.8. The predicted molar refractivity (Wildman–Crippen MR) is 103 cm³/mol. The predicted octanol–water partition coefficient (Wildman–Crippen LogP) is 3.92. The summed E-state index contributed by atoms with van der Waals surface area (Å²) in [6, 6.07) is 8.98. The van der Waals surface area contributed by atoms with Crippen LogP contribution in [0.2, 0.25) is 0 Å². The molecule has 1 aromatic carbocycles. The summed E-state index contributed by atoms with van der Waals surface area (Å²) in [5.74, 6) is 2.48. The van der Waals surface area contributed by atoms with E-state index in [4.69, 9.17) is 4.74 Å². The van der Waals surface area contributed by atoms with Gasteiger partial charge in [-0.15, -0.1) is 0 Å². The Morgan fingerprint density at radius 2 is 1.85 bits per heavy atom. The maximum Gasteiger partial charge on any atom is 0.234 e. The number of nitrogens with one attached hydrogen (secondary N) is 1. The van der Waals surface area contributed by atoms with E-state index in [1.165, 1.54) is 56.9 Å². The van der Waals surface area contributed by atoms with Gasteiger partial charge in [-0.05, 0) is 74.6 Å². The molecule has 4 heteroatoms. The molecule has 1 amide bonds. The van der Waals surface area contributed by atoms with Gasteiger partial charge in [0.2, 0.25) is 5.91 Å². The van der Waals surface area contributed by atoms with Crippen molar-refractivity contribution < 1.29 is 9.53 Å².